The monoisotopic (exact) mass is 396 g/mol. The van der Waals surface area contributed by atoms with E-state index in [1.165, 1.54) is 21.9 Å². The number of fused-ring (bicyclic) bond motifs is 3. The Balaban J connectivity index is 1.83. The molecule has 0 fully saturated rings. The van der Waals surface area contributed by atoms with Crippen molar-refractivity contribution < 1.29 is 0 Å². The van der Waals surface area contributed by atoms with Crippen molar-refractivity contribution in [3.05, 3.63) is 121 Å². The van der Waals surface area contributed by atoms with Crippen molar-refractivity contribution in [1.29, 1.82) is 0 Å². The van der Waals surface area contributed by atoms with E-state index in [4.69, 9.17) is 5.10 Å². The predicted molar refractivity (Wildman–Crippen MR) is 129 cm³/mol. The lowest BCUT2D eigenvalue weighted by Crippen LogP contribution is -1.95. The van der Waals surface area contributed by atoms with Crippen molar-refractivity contribution >= 4 is 16.3 Å². The molecular formula is C29H20N2. The van der Waals surface area contributed by atoms with Gasteiger partial charge in [0, 0.05) is 22.1 Å². The van der Waals surface area contributed by atoms with Gasteiger partial charge in [0.1, 0.15) is 5.69 Å². The quantitative estimate of drug-likeness (QED) is 0.303. The standard InChI is InChI=1S/C29H20N2/c1-4-12-21(13-5-1)26-20-24-18-10-11-19-25(24)29-27(22-14-6-2-7-15-22)28(30-31(26)29)23-16-8-3-9-17-23/h1-20H. The van der Waals surface area contributed by atoms with Gasteiger partial charge in [-0.05, 0) is 17.0 Å². The Hall–Kier alpha value is -4.17. The van der Waals surface area contributed by atoms with Crippen LogP contribution in [0.15, 0.2) is 121 Å². The maximum absolute atomic E-state index is 5.20. The van der Waals surface area contributed by atoms with Crippen molar-refractivity contribution in [2.75, 3.05) is 0 Å². The van der Waals surface area contributed by atoms with Gasteiger partial charge in [-0.1, -0.05) is 115 Å². The Morgan fingerprint density at radius 3 is 1.74 bits per heavy atom. The average Bonchev–Trinajstić information content (AvgIpc) is 3.26. The van der Waals surface area contributed by atoms with Gasteiger partial charge in [-0.15, -0.1) is 0 Å². The molecule has 2 heteroatoms. The summed E-state index contributed by atoms with van der Waals surface area (Å²) in [6, 6.07) is 42.4. The van der Waals surface area contributed by atoms with Gasteiger partial charge in [-0.2, -0.15) is 5.10 Å². The molecule has 31 heavy (non-hydrogen) atoms. The summed E-state index contributed by atoms with van der Waals surface area (Å²) in [5, 5.41) is 7.62. The van der Waals surface area contributed by atoms with Crippen molar-refractivity contribution in [2.45, 2.75) is 0 Å². The molecule has 2 heterocycles. The van der Waals surface area contributed by atoms with Gasteiger partial charge in [0.05, 0.1) is 11.2 Å². The molecule has 0 amide bonds. The zero-order chi connectivity index (χ0) is 20.6. The second-order valence-corrected chi connectivity index (χ2v) is 7.70. The molecule has 0 aliphatic rings. The second kappa shape index (κ2) is 7.26. The van der Waals surface area contributed by atoms with E-state index in [1.54, 1.807) is 0 Å². The van der Waals surface area contributed by atoms with E-state index < -0.39 is 0 Å². The zero-order valence-electron chi connectivity index (χ0n) is 16.9. The first kappa shape index (κ1) is 17.7. The molecule has 0 bridgehead atoms. The van der Waals surface area contributed by atoms with Crippen molar-refractivity contribution in [3.63, 3.8) is 0 Å². The topological polar surface area (TPSA) is 17.3 Å². The number of pyridine rings is 1. The summed E-state index contributed by atoms with van der Waals surface area (Å²) in [6.45, 7) is 0. The highest BCUT2D eigenvalue weighted by Gasteiger charge is 2.20. The number of benzene rings is 4. The first-order chi connectivity index (χ1) is 15.4. The Labute approximate surface area is 181 Å². The van der Waals surface area contributed by atoms with Crippen LogP contribution in [0.3, 0.4) is 0 Å². The van der Waals surface area contributed by atoms with E-state index in [2.05, 4.69) is 120 Å². The van der Waals surface area contributed by atoms with Gasteiger partial charge in [0.15, 0.2) is 0 Å². The molecule has 0 atom stereocenters. The maximum Gasteiger partial charge on any atom is 0.101 e. The van der Waals surface area contributed by atoms with Crippen LogP contribution < -0.4 is 0 Å². The Morgan fingerprint density at radius 1 is 0.516 bits per heavy atom. The molecule has 0 unspecified atom stereocenters. The van der Waals surface area contributed by atoms with Crippen LogP contribution in [0, 0.1) is 0 Å². The summed E-state index contributed by atoms with van der Waals surface area (Å²) < 4.78 is 2.13. The first-order valence-corrected chi connectivity index (χ1v) is 10.5. The van der Waals surface area contributed by atoms with E-state index in [1.807, 2.05) is 6.07 Å². The van der Waals surface area contributed by atoms with Crippen molar-refractivity contribution in [3.8, 4) is 33.6 Å². The molecule has 2 nitrogen and oxygen atoms in total. The lowest BCUT2D eigenvalue weighted by molar-refractivity contribution is 0.979. The van der Waals surface area contributed by atoms with E-state index >= 15 is 0 Å². The fourth-order valence-electron chi connectivity index (χ4n) is 4.38. The van der Waals surface area contributed by atoms with Crippen LogP contribution in [0.5, 0.6) is 0 Å². The molecule has 146 valence electrons. The van der Waals surface area contributed by atoms with Crippen LogP contribution in [0.2, 0.25) is 0 Å². The Morgan fingerprint density at radius 2 is 1.06 bits per heavy atom. The molecule has 0 N–H and O–H groups in total. The van der Waals surface area contributed by atoms with Gasteiger partial charge in [0.2, 0.25) is 0 Å². The molecule has 0 radical (unpaired) electrons. The average molecular weight is 396 g/mol. The number of nitrogens with zero attached hydrogens (tertiary/aromatic N) is 2. The fraction of sp³-hybridized carbons (Fsp3) is 0. The SMILES string of the molecule is c1ccc(-c2nn3c(-c4ccccc4)cc4ccccc4c3c2-c2ccccc2)cc1. The number of rotatable bonds is 3. The highest BCUT2D eigenvalue weighted by Crippen LogP contribution is 2.40. The third kappa shape index (κ3) is 2.92. The van der Waals surface area contributed by atoms with Crippen molar-refractivity contribution in [1.82, 2.24) is 9.61 Å². The second-order valence-electron chi connectivity index (χ2n) is 7.70. The summed E-state index contributed by atoms with van der Waals surface area (Å²) >= 11 is 0. The lowest BCUT2D eigenvalue weighted by Gasteiger charge is -2.10. The molecule has 6 aromatic rings. The van der Waals surface area contributed by atoms with Gasteiger partial charge in [-0.3, -0.25) is 0 Å². The van der Waals surface area contributed by atoms with Crippen LogP contribution in [-0.4, -0.2) is 9.61 Å². The normalized spacial score (nSPS) is 11.2. The molecule has 6 rings (SSSR count). The van der Waals surface area contributed by atoms with Crippen LogP contribution in [-0.2, 0) is 0 Å². The van der Waals surface area contributed by atoms with Crippen LogP contribution in [0.1, 0.15) is 0 Å². The summed E-state index contributed by atoms with van der Waals surface area (Å²) in [4.78, 5) is 0. The first-order valence-electron chi connectivity index (χ1n) is 10.5. The third-order valence-electron chi connectivity index (χ3n) is 5.80. The Bertz CT molecular complexity index is 1500. The molecule has 2 aromatic heterocycles. The highest BCUT2D eigenvalue weighted by molar-refractivity contribution is 6.08. The van der Waals surface area contributed by atoms with Gasteiger partial charge in [-0.25, -0.2) is 4.52 Å². The number of hydrogen-bond donors (Lipinski definition) is 0. The van der Waals surface area contributed by atoms with Crippen molar-refractivity contribution in [2.24, 2.45) is 0 Å². The van der Waals surface area contributed by atoms with Gasteiger partial charge < -0.3 is 0 Å². The third-order valence-corrected chi connectivity index (χ3v) is 5.80. The van der Waals surface area contributed by atoms with E-state index in [0.29, 0.717) is 0 Å². The summed E-state index contributed by atoms with van der Waals surface area (Å²) in [5.74, 6) is 0. The van der Waals surface area contributed by atoms with Crippen LogP contribution >= 0.6 is 0 Å². The predicted octanol–water partition coefficient (Wildman–Crippen LogP) is 7.49. The van der Waals surface area contributed by atoms with Crippen LogP contribution in [0.4, 0.5) is 0 Å². The summed E-state index contributed by atoms with van der Waals surface area (Å²) in [5.41, 5.74) is 7.84. The summed E-state index contributed by atoms with van der Waals surface area (Å²) in [6.07, 6.45) is 0. The minimum absolute atomic E-state index is 1.00. The number of aromatic nitrogens is 2. The number of hydrogen-bond acceptors (Lipinski definition) is 1. The highest BCUT2D eigenvalue weighted by atomic mass is 15.2. The van der Waals surface area contributed by atoms with Gasteiger partial charge >= 0.3 is 0 Å². The van der Waals surface area contributed by atoms with Crippen LogP contribution in [0.25, 0.3) is 49.9 Å². The largest absolute Gasteiger partial charge is 0.231 e. The minimum atomic E-state index is 1.00. The molecular weight excluding hydrogens is 376 g/mol. The fourth-order valence-corrected chi connectivity index (χ4v) is 4.38. The lowest BCUT2D eigenvalue weighted by atomic mass is 9.97. The van der Waals surface area contributed by atoms with E-state index in [-0.39, 0.29) is 0 Å². The molecule has 0 saturated heterocycles. The Kier molecular flexibility index (Phi) is 4.14. The molecule has 4 aromatic carbocycles. The molecule has 0 aliphatic heterocycles. The minimum Gasteiger partial charge on any atom is -0.231 e. The van der Waals surface area contributed by atoms with E-state index in [9.17, 15) is 0 Å². The zero-order valence-corrected chi connectivity index (χ0v) is 16.9. The molecule has 0 saturated carbocycles. The summed E-state index contributed by atoms with van der Waals surface area (Å²) in [7, 11) is 0. The molecule has 0 spiro atoms. The van der Waals surface area contributed by atoms with E-state index in [0.717, 1.165) is 28.0 Å². The molecule has 0 aliphatic carbocycles. The smallest absolute Gasteiger partial charge is 0.101 e. The van der Waals surface area contributed by atoms with Gasteiger partial charge in [0.25, 0.3) is 0 Å². The maximum atomic E-state index is 5.20.